The summed E-state index contributed by atoms with van der Waals surface area (Å²) < 4.78 is 18.9. The van der Waals surface area contributed by atoms with Gasteiger partial charge < -0.3 is 10.1 Å². The van der Waals surface area contributed by atoms with Crippen molar-refractivity contribution in [1.29, 1.82) is 0 Å². The molecule has 1 unspecified atom stereocenters. The minimum absolute atomic E-state index is 0.0366. The molecule has 1 atom stereocenters. The van der Waals surface area contributed by atoms with E-state index in [0.717, 1.165) is 37.9 Å². The van der Waals surface area contributed by atoms with Crippen LogP contribution in [0.3, 0.4) is 0 Å². The van der Waals surface area contributed by atoms with E-state index in [0.29, 0.717) is 6.10 Å². The Morgan fingerprint density at radius 3 is 2.94 bits per heavy atom. The summed E-state index contributed by atoms with van der Waals surface area (Å²) in [6.45, 7) is 6.03. The topological polar surface area (TPSA) is 21.3 Å². The van der Waals surface area contributed by atoms with Crippen LogP contribution in [0.2, 0.25) is 0 Å². The van der Waals surface area contributed by atoms with E-state index in [1.54, 1.807) is 12.1 Å². The molecule has 18 heavy (non-hydrogen) atoms. The van der Waals surface area contributed by atoms with Crippen molar-refractivity contribution in [3.8, 4) is 0 Å². The Bertz CT molecular complexity index is 392. The van der Waals surface area contributed by atoms with E-state index in [9.17, 15) is 4.39 Å². The van der Waals surface area contributed by atoms with Gasteiger partial charge in [-0.05, 0) is 57.4 Å². The summed E-state index contributed by atoms with van der Waals surface area (Å²) >= 11 is 0. The second-order valence-corrected chi connectivity index (χ2v) is 5.62. The average molecular weight is 251 g/mol. The summed E-state index contributed by atoms with van der Waals surface area (Å²) in [4.78, 5) is 0. The molecular formula is C15H22FNO. The Kier molecular flexibility index (Phi) is 4.36. The SMILES string of the molecule is CC1(C)CCC(CNCCc2cccc(F)c2)O1. The summed E-state index contributed by atoms with van der Waals surface area (Å²) in [5.74, 6) is -0.159. The third-order valence-electron chi connectivity index (χ3n) is 3.41. The smallest absolute Gasteiger partial charge is 0.123 e. The molecule has 100 valence electrons. The van der Waals surface area contributed by atoms with E-state index in [1.165, 1.54) is 6.07 Å². The zero-order valence-electron chi connectivity index (χ0n) is 11.2. The van der Waals surface area contributed by atoms with E-state index in [-0.39, 0.29) is 11.4 Å². The second-order valence-electron chi connectivity index (χ2n) is 5.62. The molecule has 0 amide bonds. The van der Waals surface area contributed by atoms with Gasteiger partial charge in [0.05, 0.1) is 11.7 Å². The molecule has 0 aliphatic carbocycles. The van der Waals surface area contributed by atoms with Crippen molar-refractivity contribution in [3.05, 3.63) is 35.6 Å². The van der Waals surface area contributed by atoms with Gasteiger partial charge >= 0.3 is 0 Å². The highest BCUT2D eigenvalue weighted by Crippen LogP contribution is 2.28. The molecule has 2 nitrogen and oxygen atoms in total. The molecule has 3 heteroatoms. The van der Waals surface area contributed by atoms with Crippen LogP contribution in [0.1, 0.15) is 32.3 Å². The average Bonchev–Trinajstić information content (AvgIpc) is 2.65. The maximum Gasteiger partial charge on any atom is 0.123 e. The lowest BCUT2D eigenvalue weighted by Gasteiger charge is -2.19. The Morgan fingerprint density at radius 2 is 2.28 bits per heavy atom. The van der Waals surface area contributed by atoms with Gasteiger partial charge in [-0.3, -0.25) is 0 Å². The van der Waals surface area contributed by atoms with Crippen LogP contribution in [0, 0.1) is 5.82 Å². The molecule has 1 aliphatic heterocycles. The Hall–Kier alpha value is -0.930. The van der Waals surface area contributed by atoms with Gasteiger partial charge in [0, 0.05) is 6.54 Å². The first-order valence-electron chi connectivity index (χ1n) is 6.68. The molecule has 2 rings (SSSR count). The third kappa shape index (κ3) is 4.07. The van der Waals surface area contributed by atoms with Gasteiger partial charge in [0.15, 0.2) is 0 Å². The summed E-state index contributed by atoms with van der Waals surface area (Å²) in [6, 6.07) is 6.79. The molecule has 1 aromatic carbocycles. The zero-order valence-corrected chi connectivity index (χ0v) is 11.2. The van der Waals surface area contributed by atoms with E-state index < -0.39 is 0 Å². The first kappa shape index (κ1) is 13.5. The molecule has 0 spiro atoms. The number of rotatable bonds is 5. The minimum atomic E-state index is -0.159. The van der Waals surface area contributed by atoms with Crippen molar-refractivity contribution in [3.63, 3.8) is 0 Å². The Balaban J connectivity index is 1.65. The molecule has 0 bridgehead atoms. The van der Waals surface area contributed by atoms with Crippen LogP contribution >= 0.6 is 0 Å². The number of hydrogen-bond acceptors (Lipinski definition) is 2. The quantitative estimate of drug-likeness (QED) is 0.812. The molecule has 0 radical (unpaired) electrons. The van der Waals surface area contributed by atoms with Crippen LogP contribution in [-0.2, 0) is 11.2 Å². The third-order valence-corrected chi connectivity index (χ3v) is 3.41. The van der Waals surface area contributed by atoms with Crippen LogP contribution in [-0.4, -0.2) is 24.8 Å². The summed E-state index contributed by atoms with van der Waals surface area (Å²) in [5, 5.41) is 3.39. The summed E-state index contributed by atoms with van der Waals surface area (Å²) in [5.41, 5.74) is 1.07. The van der Waals surface area contributed by atoms with Crippen LogP contribution in [0.4, 0.5) is 4.39 Å². The maximum atomic E-state index is 13.0. The zero-order chi connectivity index (χ0) is 13.0. The summed E-state index contributed by atoms with van der Waals surface area (Å²) in [6.07, 6.45) is 3.43. The maximum absolute atomic E-state index is 13.0. The minimum Gasteiger partial charge on any atom is -0.371 e. The van der Waals surface area contributed by atoms with Gasteiger partial charge in [-0.1, -0.05) is 12.1 Å². The van der Waals surface area contributed by atoms with E-state index in [4.69, 9.17) is 4.74 Å². The molecule has 1 heterocycles. The first-order valence-corrected chi connectivity index (χ1v) is 6.68. The molecule has 1 aromatic rings. The monoisotopic (exact) mass is 251 g/mol. The highest BCUT2D eigenvalue weighted by Gasteiger charge is 2.30. The van der Waals surface area contributed by atoms with Crippen LogP contribution < -0.4 is 5.32 Å². The van der Waals surface area contributed by atoms with Gasteiger partial charge in [-0.2, -0.15) is 0 Å². The second kappa shape index (κ2) is 5.81. The predicted octanol–water partition coefficient (Wildman–Crippen LogP) is 2.92. The van der Waals surface area contributed by atoms with Crippen LogP contribution in [0.15, 0.2) is 24.3 Å². The highest BCUT2D eigenvalue weighted by molar-refractivity contribution is 5.16. The lowest BCUT2D eigenvalue weighted by atomic mass is 10.1. The van der Waals surface area contributed by atoms with Crippen molar-refractivity contribution >= 4 is 0 Å². The molecule has 0 saturated carbocycles. The van der Waals surface area contributed by atoms with Crippen molar-refractivity contribution in [2.45, 2.75) is 44.8 Å². The molecule has 0 aromatic heterocycles. The Morgan fingerprint density at radius 1 is 1.44 bits per heavy atom. The van der Waals surface area contributed by atoms with Gasteiger partial charge in [0.25, 0.3) is 0 Å². The van der Waals surface area contributed by atoms with Crippen LogP contribution in [0.25, 0.3) is 0 Å². The van der Waals surface area contributed by atoms with Crippen molar-refractivity contribution in [2.24, 2.45) is 0 Å². The van der Waals surface area contributed by atoms with Crippen molar-refractivity contribution in [2.75, 3.05) is 13.1 Å². The fraction of sp³-hybridized carbons (Fsp3) is 0.600. The van der Waals surface area contributed by atoms with Crippen LogP contribution in [0.5, 0.6) is 0 Å². The molecular weight excluding hydrogens is 229 g/mol. The summed E-state index contributed by atoms with van der Waals surface area (Å²) in [7, 11) is 0. The largest absolute Gasteiger partial charge is 0.371 e. The standard InChI is InChI=1S/C15H22FNO/c1-15(2)8-6-14(18-15)11-17-9-7-12-4-3-5-13(16)10-12/h3-5,10,14,17H,6-9,11H2,1-2H3. The molecule has 1 saturated heterocycles. The lowest BCUT2D eigenvalue weighted by Crippen LogP contribution is -2.30. The molecule has 1 N–H and O–H groups in total. The molecule has 1 fully saturated rings. The first-order chi connectivity index (χ1) is 8.55. The highest BCUT2D eigenvalue weighted by atomic mass is 19.1. The van der Waals surface area contributed by atoms with Gasteiger partial charge in [-0.25, -0.2) is 4.39 Å². The normalized spacial score (nSPS) is 22.3. The van der Waals surface area contributed by atoms with E-state index >= 15 is 0 Å². The van der Waals surface area contributed by atoms with Crippen molar-refractivity contribution < 1.29 is 9.13 Å². The predicted molar refractivity (Wildman–Crippen MR) is 71.2 cm³/mol. The lowest BCUT2D eigenvalue weighted by molar-refractivity contribution is -0.0140. The Labute approximate surface area is 109 Å². The fourth-order valence-electron chi connectivity index (χ4n) is 2.41. The van der Waals surface area contributed by atoms with E-state index in [1.807, 2.05) is 6.07 Å². The number of hydrogen-bond donors (Lipinski definition) is 1. The fourth-order valence-corrected chi connectivity index (χ4v) is 2.41. The van der Waals surface area contributed by atoms with E-state index in [2.05, 4.69) is 19.2 Å². The van der Waals surface area contributed by atoms with Gasteiger partial charge in [0.1, 0.15) is 5.82 Å². The van der Waals surface area contributed by atoms with Gasteiger partial charge in [0.2, 0.25) is 0 Å². The van der Waals surface area contributed by atoms with Crippen molar-refractivity contribution in [1.82, 2.24) is 5.32 Å². The van der Waals surface area contributed by atoms with Gasteiger partial charge in [-0.15, -0.1) is 0 Å². The number of nitrogens with one attached hydrogen (secondary N) is 1. The molecule has 1 aliphatic rings. The number of benzene rings is 1. The number of ether oxygens (including phenoxy) is 1. The number of halogens is 1.